The number of likely N-dealkylation sites (N-methyl/N-ethyl adjacent to an activating group) is 1. The van der Waals surface area contributed by atoms with E-state index < -0.39 is 11.7 Å². The van der Waals surface area contributed by atoms with Crippen molar-refractivity contribution < 1.29 is 22.7 Å². The minimum absolute atomic E-state index is 0.00316. The fourth-order valence-electron chi connectivity index (χ4n) is 2.92. The first-order valence-corrected chi connectivity index (χ1v) is 11.1. The van der Waals surface area contributed by atoms with Gasteiger partial charge in [0.25, 0.3) is 0 Å². The summed E-state index contributed by atoms with van der Waals surface area (Å²) in [5.41, 5.74) is 0.268. The van der Waals surface area contributed by atoms with E-state index in [1.165, 1.54) is 6.07 Å². The normalized spacial score (nSPS) is 11.6. The summed E-state index contributed by atoms with van der Waals surface area (Å²) >= 11 is 9.39. The van der Waals surface area contributed by atoms with Crippen molar-refractivity contribution >= 4 is 39.1 Å². The molecular formula is C22H25BrClF3N2O2. The summed E-state index contributed by atoms with van der Waals surface area (Å²) in [5.74, 6) is 0.416. The first-order valence-electron chi connectivity index (χ1n) is 9.94. The summed E-state index contributed by atoms with van der Waals surface area (Å²) in [6.07, 6.45) is -4.13. The van der Waals surface area contributed by atoms with Gasteiger partial charge >= 0.3 is 6.18 Å². The zero-order valence-corrected chi connectivity index (χ0v) is 19.7. The number of rotatable bonds is 10. The van der Waals surface area contributed by atoms with Crippen LogP contribution >= 0.6 is 27.5 Å². The van der Waals surface area contributed by atoms with Crippen molar-refractivity contribution in [1.82, 2.24) is 4.90 Å². The van der Waals surface area contributed by atoms with E-state index in [9.17, 15) is 18.0 Å². The molecule has 2 aromatic rings. The Morgan fingerprint density at radius 1 is 1.16 bits per heavy atom. The molecule has 0 aliphatic carbocycles. The summed E-state index contributed by atoms with van der Waals surface area (Å²) in [6.45, 7) is 7.50. The van der Waals surface area contributed by atoms with E-state index in [0.29, 0.717) is 23.6 Å². The minimum Gasteiger partial charge on any atom is -0.491 e. The highest BCUT2D eigenvalue weighted by molar-refractivity contribution is 9.10. The molecule has 0 radical (unpaired) electrons. The van der Waals surface area contributed by atoms with Gasteiger partial charge in [0, 0.05) is 23.7 Å². The molecule has 0 aliphatic rings. The molecule has 0 spiro atoms. The van der Waals surface area contributed by atoms with E-state index in [2.05, 4.69) is 40.0 Å². The van der Waals surface area contributed by atoms with Crippen molar-refractivity contribution in [3.8, 4) is 5.75 Å². The molecule has 0 heterocycles. The number of benzene rings is 2. The Hall–Kier alpha value is -1.77. The zero-order valence-electron chi connectivity index (χ0n) is 17.4. The molecule has 4 nitrogen and oxygen atoms in total. The molecule has 0 aromatic heterocycles. The Kier molecular flexibility index (Phi) is 9.65. The van der Waals surface area contributed by atoms with Crippen molar-refractivity contribution in [2.24, 2.45) is 0 Å². The molecule has 0 bridgehead atoms. The minimum atomic E-state index is -4.45. The Bertz CT molecular complexity index is 890. The van der Waals surface area contributed by atoms with Crippen LogP contribution in [0.1, 0.15) is 31.4 Å². The van der Waals surface area contributed by atoms with Gasteiger partial charge in [0.15, 0.2) is 0 Å². The standard InChI is InChI=1S/C22H25BrClF3N2O2/c1-3-29(4-2)11-12-31-20-9-8-17(14-18(20)23)28-21(30)10-6-15-5-7-16(13-19(15)24)22(25,26)27/h5,7-9,13-14H,3-4,6,10-12H2,1-2H3,(H,28,30). The summed E-state index contributed by atoms with van der Waals surface area (Å²) in [4.78, 5) is 14.5. The number of hydrogen-bond donors (Lipinski definition) is 1. The second-order valence-electron chi connectivity index (χ2n) is 6.87. The first kappa shape index (κ1) is 25.5. The second-order valence-corrected chi connectivity index (χ2v) is 8.13. The molecule has 9 heteroatoms. The van der Waals surface area contributed by atoms with Crippen LogP contribution in [0.25, 0.3) is 0 Å². The lowest BCUT2D eigenvalue weighted by Gasteiger charge is -2.18. The molecule has 0 saturated heterocycles. The van der Waals surface area contributed by atoms with Gasteiger partial charge in [0.2, 0.25) is 5.91 Å². The lowest BCUT2D eigenvalue weighted by molar-refractivity contribution is -0.137. The number of carbonyl (C=O) groups excluding carboxylic acids is 1. The van der Waals surface area contributed by atoms with Crippen LogP contribution in [0.4, 0.5) is 18.9 Å². The SMILES string of the molecule is CCN(CC)CCOc1ccc(NC(=O)CCc2ccc(C(F)(F)F)cc2Cl)cc1Br. The maximum atomic E-state index is 12.7. The summed E-state index contributed by atoms with van der Waals surface area (Å²) in [6, 6.07) is 8.41. The van der Waals surface area contributed by atoms with E-state index in [1.807, 2.05) is 0 Å². The van der Waals surface area contributed by atoms with Crippen molar-refractivity contribution in [2.75, 3.05) is 31.6 Å². The van der Waals surface area contributed by atoms with E-state index in [-0.39, 0.29) is 23.8 Å². The maximum Gasteiger partial charge on any atom is 0.416 e. The van der Waals surface area contributed by atoms with Crippen LogP contribution in [-0.2, 0) is 17.4 Å². The number of amides is 1. The van der Waals surface area contributed by atoms with Gasteiger partial charge in [-0.3, -0.25) is 4.79 Å². The van der Waals surface area contributed by atoms with Crippen LogP contribution in [0.5, 0.6) is 5.75 Å². The van der Waals surface area contributed by atoms with Crippen molar-refractivity contribution in [3.63, 3.8) is 0 Å². The largest absolute Gasteiger partial charge is 0.491 e. The Morgan fingerprint density at radius 2 is 1.87 bits per heavy atom. The number of aryl methyl sites for hydroxylation is 1. The van der Waals surface area contributed by atoms with Crippen LogP contribution < -0.4 is 10.1 Å². The molecule has 31 heavy (non-hydrogen) atoms. The molecular weight excluding hydrogens is 497 g/mol. The molecule has 2 aromatic carbocycles. The molecule has 0 fully saturated rings. The molecule has 0 aliphatic heterocycles. The van der Waals surface area contributed by atoms with Gasteiger partial charge in [0.1, 0.15) is 12.4 Å². The quantitative estimate of drug-likeness (QED) is 0.393. The van der Waals surface area contributed by atoms with Gasteiger partial charge in [-0.2, -0.15) is 13.2 Å². The number of anilines is 1. The third kappa shape index (κ3) is 8.01. The van der Waals surface area contributed by atoms with E-state index in [4.69, 9.17) is 16.3 Å². The Labute approximate surface area is 193 Å². The zero-order chi connectivity index (χ0) is 23.0. The van der Waals surface area contributed by atoms with E-state index >= 15 is 0 Å². The van der Waals surface area contributed by atoms with Crippen molar-refractivity contribution in [3.05, 3.63) is 57.0 Å². The van der Waals surface area contributed by atoms with E-state index in [1.54, 1.807) is 18.2 Å². The number of alkyl halides is 3. The third-order valence-corrected chi connectivity index (χ3v) is 5.75. The van der Waals surface area contributed by atoms with Crippen LogP contribution in [0, 0.1) is 0 Å². The number of nitrogens with zero attached hydrogens (tertiary/aromatic N) is 1. The highest BCUT2D eigenvalue weighted by Gasteiger charge is 2.30. The number of carbonyl (C=O) groups is 1. The fourth-order valence-corrected chi connectivity index (χ4v) is 3.69. The third-order valence-electron chi connectivity index (χ3n) is 4.78. The molecule has 1 amide bonds. The Morgan fingerprint density at radius 3 is 2.45 bits per heavy atom. The number of halogens is 5. The van der Waals surface area contributed by atoms with Crippen molar-refractivity contribution in [1.29, 1.82) is 0 Å². The van der Waals surface area contributed by atoms with Gasteiger partial charge in [0.05, 0.1) is 10.0 Å². The summed E-state index contributed by atoms with van der Waals surface area (Å²) in [7, 11) is 0. The molecule has 2 rings (SSSR count). The van der Waals surface area contributed by atoms with Crippen LogP contribution in [0.15, 0.2) is 40.9 Å². The number of ether oxygens (including phenoxy) is 1. The smallest absolute Gasteiger partial charge is 0.416 e. The van der Waals surface area contributed by atoms with E-state index in [0.717, 1.165) is 36.2 Å². The van der Waals surface area contributed by atoms with Gasteiger partial charge in [-0.25, -0.2) is 0 Å². The Balaban J connectivity index is 1.87. The van der Waals surface area contributed by atoms with Gasteiger partial charge in [-0.15, -0.1) is 0 Å². The molecule has 0 atom stereocenters. The van der Waals surface area contributed by atoms with Gasteiger partial charge < -0.3 is 15.0 Å². The predicted molar refractivity (Wildman–Crippen MR) is 121 cm³/mol. The maximum absolute atomic E-state index is 12.7. The molecule has 1 N–H and O–H groups in total. The molecule has 170 valence electrons. The van der Waals surface area contributed by atoms with Gasteiger partial charge in [-0.05, 0) is 71.3 Å². The van der Waals surface area contributed by atoms with Crippen molar-refractivity contribution in [2.45, 2.75) is 32.9 Å². The topological polar surface area (TPSA) is 41.6 Å². The lowest BCUT2D eigenvalue weighted by Crippen LogP contribution is -2.27. The highest BCUT2D eigenvalue weighted by atomic mass is 79.9. The predicted octanol–water partition coefficient (Wildman–Crippen LogP) is 6.41. The average Bonchev–Trinajstić information content (AvgIpc) is 2.71. The fraction of sp³-hybridized carbons (Fsp3) is 0.409. The van der Waals surface area contributed by atoms with Crippen LogP contribution in [0.3, 0.4) is 0 Å². The summed E-state index contributed by atoms with van der Waals surface area (Å²) in [5, 5.41) is 2.77. The number of hydrogen-bond acceptors (Lipinski definition) is 3. The second kappa shape index (κ2) is 11.7. The summed E-state index contributed by atoms with van der Waals surface area (Å²) < 4.78 is 44.7. The highest BCUT2D eigenvalue weighted by Crippen LogP contribution is 2.32. The lowest BCUT2D eigenvalue weighted by atomic mass is 10.1. The molecule has 0 saturated carbocycles. The molecule has 0 unspecified atom stereocenters. The first-order chi connectivity index (χ1) is 14.6. The monoisotopic (exact) mass is 520 g/mol. The van der Waals surface area contributed by atoms with Crippen LogP contribution in [0.2, 0.25) is 5.02 Å². The van der Waals surface area contributed by atoms with Crippen LogP contribution in [-0.4, -0.2) is 37.0 Å². The number of nitrogens with one attached hydrogen (secondary N) is 1. The average molecular weight is 522 g/mol. The van der Waals surface area contributed by atoms with Gasteiger partial charge in [-0.1, -0.05) is 31.5 Å².